The van der Waals surface area contributed by atoms with Crippen LogP contribution >= 0.6 is 0 Å². The molecule has 0 unspecified atom stereocenters. The molecule has 0 saturated carbocycles. The normalized spacial score (nSPS) is 13.4. The van der Waals surface area contributed by atoms with E-state index in [1.54, 1.807) is 0 Å². The Morgan fingerprint density at radius 1 is 0.250 bits per heavy atom. The maximum absolute atomic E-state index is 2.61. The van der Waals surface area contributed by atoms with Crippen molar-refractivity contribution in [2.24, 2.45) is 0 Å². The summed E-state index contributed by atoms with van der Waals surface area (Å²) in [4.78, 5) is 0. The summed E-state index contributed by atoms with van der Waals surface area (Å²) in [6, 6.07) is 60.3. The summed E-state index contributed by atoms with van der Waals surface area (Å²) in [5.74, 6) is 0. The van der Waals surface area contributed by atoms with E-state index in [-0.39, 0.29) is 0 Å². The summed E-state index contributed by atoms with van der Waals surface area (Å²) >= 11 is 0. The molecule has 48 heavy (non-hydrogen) atoms. The van der Waals surface area contributed by atoms with Crippen molar-refractivity contribution in [2.75, 3.05) is 14.2 Å². The molecule has 1 aliphatic heterocycles. The number of fused-ring (bicyclic) bond motifs is 6. The van der Waals surface area contributed by atoms with Crippen LogP contribution in [0.1, 0.15) is 0 Å². The van der Waals surface area contributed by atoms with Gasteiger partial charge < -0.3 is 14.2 Å². The van der Waals surface area contributed by atoms with Gasteiger partial charge in [-0.2, -0.15) is 0 Å². The lowest BCUT2D eigenvalue weighted by Gasteiger charge is -2.45. The first-order valence-corrected chi connectivity index (χ1v) is 16.8. The average molecular weight is 609 g/mol. The molecule has 1 heterocycles. The van der Waals surface area contributed by atoms with Crippen molar-refractivity contribution < 1.29 is 0 Å². The highest BCUT2D eigenvalue weighted by atomic mass is 15.3. The van der Waals surface area contributed by atoms with Crippen LogP contribution in [0.5, 0.6) is 0 Å². The summed E-state index contributed by atoms with van der Waals surface area (Å²) < 4.78 is 7.84. The molecule has 6 heteroatoms. The Morgan fingerprint density at radius 3 is 0.646 bits per heavy atom. The van der Waals surface area contributed by atoms with Gasteiger partial charge in [-0.25, -0.2) is 0 Å². The Bertz CT molecular complexity index is 2240. The first-order chi connectivity index (χ1) is 23.8. The fourth-order valence-electron chi connectivity index (χ4n) is 8.17. The first kappa shape index (κ1) is 27.3. The fraction of sp³-hybridized carbons (Fsp3) is 0. The van der Waals surface area contributed by atoms with Crippen molar-refractivity contribution in [3.05, 3.63) is 164 Å². The van der Waals surface area contributed by atoms with Crippen molar-refractivity contribution in [3.8, 4) is 0 Å². The summed E-state index contributed by atoms with van der Waals surface area (Å²) in [5.41, 5.74) is 3.85. The summed E-state index contributed by atoms with van der Waals surface area (Å²) in [6.45, 7) is 0. The number of benzene rings is 9. The van der Waals surface area contributed by atoms with E-state index in [1.807, 2.05) is 0 Å². The maximum atomic E-state index is 2.61. The molecule has 0 amide bonds. The molecule has 10 rings (SSSR count). The van der Waals surface area contributed by atoms with E-state index in [2.05, 4.69) is 178 Å². The van der Waals surface area contributed by atoms with Crippen LogP contribution in [-0.4, -0.2) is 22.6 Å². The Kier molecular flexibility index (Phi) is 6.17. The summed E-state index contributed by atoms with van der Waals surface area (Å²) in [7, 11) is 2.28. The average Bonchev–Trinajstić information content (AvgIpc) is 3.14. The lowest BCUT2D eigenvalue weighted by Crippen LogP contribution is -2.62. The number of anilines is 3. The highest BCUT2D eigenvalue weighted by Crippen LogP contribution is 2.42. The molecule has 1 fully saturated rings. The molecule has 0 bridgehead atoms. The van der Waals surface area contributed by atoms with Gasteiger partial charge in [-0.1, -0.05) is 146 Å². The monoisotopic (exact) mass is 609 g/mol. The standard InChI is InChI=1S/C42H30B3N3/c1-7-19-34-28(13-1)25-29-14-2-8-20-35(29)40(34)46-43-47(41-36-21-9-3-15-30(36)26-31-16-4-10-22-37(31)41)45-48(44-46)42-38-23-11-5-17-32(38)27-33-18-6-12-24-39(33)42/h1-27,43-45H. The van der Waals surface area contributed by atoms with Crippen LogP contribution in [-0.2, 0) is 0 Å². The summed E-state index contributed by atoms with van der Waals surface area (Å²) in [5, 5.41) is 15.3. The number of rotatable bonds is 3. The molecule has 0 spiro atoms. The molecule has 1 saturated heterocycles. The SMILES string of the molecule is B1N(c2c3ccccc3cc3ccccc23)BN(c2c3ccccc3cc3ccccc23)BN1c1c2ccccc2cc2ccccc12. The second-order valence-electron chi connectivity index (χ2n) is 13.0. The van der Waals surface area contributed by atoms with Gasteiger partial charge >= 0.3 is 22.6 Å². The van der Waals surface area contributed by atoms with E-state index in [1.165, 1.54) is 81.7 Å². The van der Waals surface area contributed by atoms with Gasteiger partial charge in [0.2, 0.25) is 0 Å². The lowest BCUT2D eigenvalue weighted by atomic mass is 9.70. The van der Waals surface area contributed by atoms with Crippen LogP contribution in [0.4, 0.5) is 17.1 Å². The topological polar surface area (TPSA) is 9.72 Å². The van der Waals surface area contributed by atoms with Gasteiger partial charge in [0, 0.05) is 49.4 Å². The number of nitrogens with zero attached hydrogens (tertiary/aromatic N) is 3. The van der Waals surface area contributed by atoms with E-state index >= 15 is 0 Å². The predicted molar refractivity (Wildman–Crippen MR) is 213 cm³/mol. The van der Waals surface area contributed by atoms with Crippen LogP contribution in [0.2, 0.25) is 0 Å². The van der Waals surface area contributed by atoms with Crippen LogP contribution in [0.15, 0.2) is 164 Å². The largest absolute Gasteiger partial charge is 0.430 e. The molecule has 0 aliphatic carbocycles. The zero-order valence-corrected chi connectivity index (χ0v) is 26.6. The molecular formula is C42H30B3N3. The third kappa shape index (κ3) is 4.26. The number of hydrogen-bond donors (Lipinski definition) is 0. The van der Waals surface area contributed by atoms with E-state index in [0.717, 1.165) is 22.6 Å². The minimum atomic E-state index is 0.759. The van der Waals surface area contributed by atoms with Gasteiger partial charge in [-0.05, 0) is 50.5 Å². The van der Waals surface area contributed by atoms with Crippen LogP contribution in [0, 0.1) is 0 Å². The lowest BCUT2D eigenvalue weighted by molar-refractivity contribution is 1.41. The second kappa shape index (κ2) is 10.9. The Hall–Kier alpha value is -5.87. The highest BCUT2D eigenvalue weighted by molar-refractivity contribution is 6.88. The zero-order valence-electron chi connectivity index (χ0n) is 26.6. The summed E-state index contributed by atoms with van der Waals surface area (Å²) in [6.07, 6.45) is 0. The van der Waals surface area contributed by atoms with E-state index in [9.17, 15) is 0 Å². The second-order valence-corrected chi connectivity index (χ2v) is 13.0. The van der Waals surface area contributed by atoms with E-state index in [4.69, 9.17) is 0 Å². The Morgan fingerprint density at radius 2 is 0.438 bits per heavy atom. The van der Waals surface area contributed by atoms with Gasteiger partial charge in [0.05, 0.1) is 0 Å². The van der Waals surface area contributed by atoms with Crippen LogP contribution in [0.25, 0.3) is 64.6 Å². The Labute approximate surface area is 281 Å². The van der Waals surface area contributed by atoms with Gasteiger partial charge in [0.1, 0.15) is 0 Å². The molecular weight excluding hydrogens is 579 g/mol. The zero-order chi connectivity index (χ0) is 31.6. The maximum Gasteiger partial charge on any atom is 0.333 e. The van der Waals surface area contributed by atoms with Crippen molar-refractivity contribution in [2.45, 2.75) is 0 Å². The molecule has 9 aromatic rings. The van der Waals surface area contributed by atoms with E-state index in [0.29, 0.717) is 0 Å². The quantitative estimate of drug-likeness (QED) is 0.146. The van der Waals surface area contributed by atoms with Gasteiger partial charge in [0.25, 0.3) is 0 Å². The molecule has 0 radical (unpaired) electrons. The molecule has 0 atom stereocenters. The molecule has 9 aromatic carbocycles. The fourth-order valence-corrected chi connectivity index (χ4v) is 8.17. The van der Waals surface area contributed by atoms with E-state index < -0.39 is 0 Å². The third-order valence-electron chi connectivity index (χ3n) is 10.2. The minimum absolute atomic E-state index is 0.759. The number of hydrogen-bond acceptors (Lipinski definition) is 3. The van der Waals surface area contributed by atoms with Gasteiger partial charge in [0.15, 0.2) is 0 Å². The van der Waals surface area contributed by atoms with Gasteiger partial charge in [-0.3, -0.25) is 0 Å². The molecule has 3 nitrogen and oxygen atoms in total. The smallest absolute Gasteiger partial charge is 0.333 e. The van der Waals surface area contributed by atoms with Crippen molar-refractivity contribution in [3.63, 3.8) is 0 Å². The van der Waals surface area contributed by atoms with Crippen LogP contribution < -0.4 is 14.2 Å². The molecule has 222 valence electrons. The molecule has 1 aliphatic rings. The van der Waals surface area contributed by atoms with Crippen LogP contribution in [0.3, 0.4) is 0 Å². The predicted octanol–water partition coefficient (Wildman–Crippen LogP) is 9.24. The third-order valence-corrected chi connectivity index (χ3v) is 10.2. The molecule has 0 aromatic heterocycles. The van der Waals surface area contributed by atoms with Gasteiger partial charge in [-0.15, -0.1) is 0 Å². The van der Waals surface area contributed by atoms with Crippen molar-refractivity contribution >= 4 is 104 Å². The van der Waals surface area contributed by atoms with Crippen molar-refractivity contribution in [1.82, 2.24) is 0 Å². The Balaban J connectivity index is 1.27. The van der Waals surface area contributed by atoms with Crippen molar-refractivity contribution in [1.29, 1.82) is 0 Å². The highest BCUT2D eigenvalue weighted by Gasteiger charge is 2.33. The molecule has 0 N–H and O–H groups in total. The minimum Gasteiger partial charge on any atom is -0.430 e. The first-order valence-electron chi connectivity index (χ1n) is 16.8.